The van der Waals surface area contributed by atoms with Crippen LogP contribution in [0.1, 0.15) is 19.4 Å². The van der Waals surface area contributed by atoms with Crippen LogP contribution in [0, 0.1) is 0 Å². The quantitative estimate of drug-likeness (QED) is 0.811. The molecule has 2 N–H and O–H groups in total. The molecule has 0 aliphatic carbocycles. The van der Waals surface area contributed by atoms with Crippen LogP contribution in [0.3, 0.4) is 0 Å². The molecule has 0 radical (unpaired) electrons. The predicted octanol–water partition coefficient (Wildman–Crippen LogP) is 3.10. The molecule has 0 fully saturated rings. The van der Waals surface area contributed by atoms with Gasteiger partial charge >= 0.3 is 0 Å². The summed E-state index contributed by atoms with van der Waals surface area (Å²) in [6.45, 7) is 5.74. The summed E-state index contributed by atoms with van der Waals surface area (Å²) in [4.78, 5) is 0. The first-order valence-electron chi connectivity index (χ1n) is 6.67. The summed E-state index contributed by atoms with van der Waals surface area (Å²) in [6, 6.07) is 12.2. The number of fused-ring (bicyclic) bond motifs is 1. The molecule has 0 spiro atoms. The predicted molar refractivity (Wildman–Crippen MR) is 78.4 cm³/mol. The van der Waals surface area contributed by atoms with Gasteiger partial charge in [-0.25, -0.2) is 0 Å². The van der Waals surface area contributed by atoms with Crippen LogP contribution in [0.15, 0.2) is 36.4 Å². The molecule has 3 nitrogen and oxygen atoms in total. The zero-order valence-corrected chi connectivity index (χ0v) is 11.6. The highest BCUT2D eigenvalue weighted by Gasteiger charge is 2.05. The van der Waals surface area contributed by atoms with Crippen LogP contribution >= 0.6 is 0 Å². The van der Waals surface area contributed by atoms with E-state index in [0.717, 1.165) is 22.1 Å². The van der Waals surface area contributed by atoms with Crippen molar-refractivity contribution in [2.75, 3.05) is 13.2 Å². The van der Waals surface area contributed by atoms with Gasteiger partial charge in [0, 0.05) is 11.9 Å². The van der Waals surface area contributed by atoms with Crippen molar-refractivity contribution in [3.63, 3.8) is 0 Å². The van der Waals surface area contributed by atoms with Gasteiger partial charge in [-0.05, 0) is 30.9 Å². The lowest BCUT2D eigenvalue weighted by Crippen LogP contribution is -2.11. The lowest BCUT2D eigenvalue weighted by Gasteiger charge is -2.13. The SMILES string of the molecule is CC(C)OCCOc1ccc(CN)c2ccccc12. The van der Waals surface area contributed by atoms with Gasteiger partial charge in [-0.2, -0.15) is 0 Å². The van der Waals surface area contributed by atoms with Gasteiger partial charge in [0.2, 0.25) is 0 Å². The maximum absolute atomic E-state index is 5.80. The normalized spacial score (nSPS) is 11.2. The molecule has 0 unspecified atom stereocenters. The minimum Gasteiger partial charge on any atom is -0.491 e. The fourth-order valence-corrected chi connectivity index (χ4v) is 2.07. The Hall–Kier alpha value is -1.58. The van der Waals surface area contributed by atoms with Gasteiger partial charge < -0.3 is 15.2 Å². The van der Waals surface area contributed by atoms with E-state index in [2.05, 4.69) is 12.1 Å². The Balaban J connectivity index is 2.15. The number of hydrogen-bond donors (Lipinski definition) is 1. The Morgan fingerprint density at radius 3 is 2.42 bits per heavy atom. The van der Waals surface area contributed by atoms with Crippen molar-refractivity contribution in [2.24, 2.45) is 5.73 Å². The molecule has 0 bridgehead atoms. The highest BCUT2D eigenvalue weighted by Crippen LogP contribution is 2.28. The number of ether oxygens (including phenoxy) is 2. The fraction of sp³-hybridized carbons (Fsp3) is 0.375. The Morgan fingerprint density at radius 2 is 1.74 bits per heavy atom. The van der Waals surface area contributed by atoms with Crippen molar-refractivity contribution < 1.29 is 9.47 Å². The molecule has 102 valence electrons. The van der Waals surface area contributed by atoms with Gasteiger partial charge in [-0.15, -0.1) is 0 Å². The molecule has 0 saturated carbocycles. The number of nitrogens with two attached hydrogens (primary N) is 1. The third kappa shape index (κ3) is 3.46. The average Bonchev–Trinajstić information content (AvgIpc) is 2.43. The van der Waals surface area contributed by atoms with Crippen LogP contribution in [-0.4, -0.2) is 19.3 Å². The third-order valence-corrected chi connectivity index (χ3v) is 2.99. The molecule has 3 heteroatoms. The Labute approximate surface area is 114 Å². The van der Waals surface area contributed by atoms with Crippen LogP contribution in [0.4, 0.5) is 0 Å². The topological polar surface area (TPSA) is 44.5 Å². The third-order valence-electron chi connectivity index (χ3n) is 2.99. The minimum atomic E-state index is 0.236. The maximum atomic E-state index is 5.80. The van der Waals surface area contributed by atoms with Gasteiger partial charge in [0.15, 0.2) is 0 Å². The average molecular weight is 259 g/mol. The van der Waals surface area contributed by atoms with Gasteiger partial charge in [0.25, 0.3) is 0 Å². The van der Waals surface area contributed by atoms with Crippen molar-refractivity contribution >= 4 is 10.8 Å². The molecule has 0 aliphatic rings. The molecule has 0 atom stereocenters. The van der Waals surface area contributed by atoms with Crippen molar-refractivity contribution in [3.8, 4) is 5.75 Å². The molecule has 0 aliphatic heterocycles. The highest BCUT2D eigenvalue weighted by atomic mass is 16.5. The molecule has 0 amide bonds. The molecule has 0 saturated heterocycles. The van der Waals surface area contributed by atoms with E-state index in [0.29, 0.717) is 19.8 Å². The van der Waals surface area contributed by atoms with Crippen molar-refractivity contribution in [1.82, 2.24) is 0 Å². The lowest BCUT2D eigenvalue weighted by molar-refractivity contribution is 0.0556. The summed E-state index contributed by atoms with van der Waals surface area (Å²) >= 11 is 0. The van der Waals surface area contributed by atoms with Crippen molar-refractivity contribution in [3.05, 3.63) is 42.0 Å². The van der Waals surface area contributed by atoms with Crippen LogP contribution in [0.25, 0.3) is 10.8 Å². The summed E-state index contributed by atoms with van der Waals surface area (Å²) in [5.74, 6) is 0.889. The van der Waals surface area contributed by atoms with Crippen LogP contribution < -0.4 is 10.5 Å². The van der Waals surface area contributed by atoms with E-state index in [4.69, 9.17) is 15.2 Å². The minimum absolute atomic E-state index is 0.236. The standard InChI is InChI=1S/C16H21NO2/c1-12(2)18-9-10-19-16-8-7-13(11-17)14-5-3-4-6-15(14)16/h3-8,12H,9-11,17H2,1-2H3. The van der Waals surface area contributed by atoms with Crippen molar-refractivity contribution in [1.29, 1.82) is 0 Å². The van der Waals surface area contributed by atoms with Gasteiger partial charge in [0.05, 0.1) is 12.7 Å². The van der Waals surface area contributed by atoms with E-state index in [1.165, 1.54) is 0 Å². The van der Waals surface area contributed by atoms with E-state index in [9.17, 15) is 0 Å². The summed E-state index contributed by atoms with van der Waals surface area (Å²) in [7, 11) is 0. The maximum Gasteiger partial charge on any atom is 0.127 e. The molecule has 2 aromatic rings. The van der Waals surface area contributed by atoms with E-state index >= 15 is 0 Å². The van der Waals surface area contributed by atoms with Crippen LogP contribution in [0.2, 0.25) is 0 Å². The molecule has 0 heterocycles. The van der Waals surface area contributed by atoms with Gasteiger partial charge in [-0.1, -0.05) is 30.3 Å². The lowest BCUT2D eigenvalue weighted by atomic mass is 10.0. The first-order valence-corrected chi connectivity index (χ1v) is 6.67. The summed E-state index contributed by atoms with van der Waals surface area (Å²) in [5.41, 5.74) is 6.90. The van der Waals surface area contributed by atoms with E-state index in [-0.39, 0.29) is 6.10 Å². The second-order valence-electron chi connectivity index (χ2n) is 4.74. The zero-order valence-electron chi connectivity index (χ0n) is 11.6. The first kappa shape index (κ1) is 13.8. The second kappa shape index (κ2) is 6.55. The zero-order chi connectivity index (χ0) is 13.7. The van der Waals surface area contributed by atoms with E-state index in [1.54, 1.807) is 0 Å². The smallest absolute Gasteiger partial charge is 0.127 e. The van der Waals surface area contributed by atoms with Crippen LogP contribution in [-0.2, 0) is 11.3 Å². The Morgan fingerprint density at radius 1 is 1.00 bits per heavy atom. The van der Waals surface area contributed by atoms with Gasteiger partial charge in [-0.3, -0.25) is 0 Å². The largest absolute Gasteiger partial charge is 0.491 e. The first-order chi connectivity index (χ1) is 9.22. The van der Waals surface area contributed by atoms with Crippen molar-refractivity contribution in [2.45, 2.75) is 26.5 Å². The number of benzene rings is 2. The van der Waals surface area contributed by atoms with E-state index < -0.39 is 0 Å². The molecule has 0 aromatic heterocycles. The fourth-order valence-electron chi connectivity index (χ4n) is 2.07. The van der Waals surface area contributed by atoms with E-state index in [1.807, 2.05) is 38.1 Å². The highest BCUT2D eigenvalue weighted by molar-refractivity contribution is 5.91. The Kier molecular flexibility index (Phi) is 4.77. The second-order valence-corrected chi connectivity index (χ2v) is 4.74. The number of hydrogen-bond acceptors (Lipinski definition) is 3. The molecular weight excluding hydrogens is 238 g/mol. The summed E-state index contributed by atoms with van der Waals surface area (Å²) in [5, 5.41) is 2.27. The summed E-state index contributed by atoms with van der Waals surface area (Å²) in [6.07, 6.45) is 0.236. The Bertz CT molecular complexity index is 537. The molecule has 2 rings (SSSR count). The molecular formula is C16H21NO2. The van der Waals surface area contributed by atoms with Gasteiger partial charge in [0.1, 0.15) is 12.4 Å². The molecule has 19 heavy (non-hydrogen) atoms. The molecule has 2 aromatic carbocycles. The van der Waals surface area contributed by atoms with Crippen LogP contribution in [0.5, 0.6) is 5.75 Å². The monoisotopic (exact) mass is 259 g/mol. The number of rotatable bonds is 6. The summed E-state index contributed by atoms with van der Waals surface area (Å²) < 4.78 is 11.3.